The van der Waals surface area contributed by atoms with E-state index in [0.717, 1.165) is 6.42 Å². The van der Waals surface area contributed by atoms with Crippen LogP contribution in [0, 0.1) is 0 Å². The second kappa shape index (κ2) is 7.71. The molecule has 0 saturated carbocycles. The maximum Gasteiger partial charge on any atom is 0.287 e. The lowest BCUT2D eigenvalue weighted by molar-refractivity contribution is 0.0944. The van der Waals surface area contributed by atoms with Crippen LogP contribution in [-0.4, -0.2) is 47.8 Å². The molecule has 1 aromatic rings. The fourth-order valence-corrected chi connectivity index (χ4v) is 1.15. The van der Waals surface area contributed by atoms with E-state index < -0.39 is 5.91 Å². The first-order valence-electron chi connectivity index (χ1n) is 5.25. The number of amides is 1. The lowest BCUT2D eigenvalue weighted by Crippen LogP contribution is -2.30. The fourth-order valence-electron chi connectivity index (χ4n) is 1.15. The van der Waals surface area contributed by atoms with Crippen LogP contribution in [0.2, 0.25) is 0 Å². The highest BCUT2D eigenvalue weighted by Crippen LogP contribution is 1.93. The van der Waals surface area contributed by atoms with E-state index in [2.05, 4.69) is 10.3 Å². The van der Waals surface area contributed by atoms with Crippen LogP contribution < -0.4 is 11.3 Å². The molecule has 8 nitrogen and oxygen atoms in total. The van der Waals surface area contributed by atoms with Gasteiger partial charge in [0.15, 0.2) is 5.69 Å². The van der Waals surface area contributed by atoms with Gasteiger partial charge in [-0.3, -0.25) is 10.2 Å². The minimum atomic E-state index is -0.461. The summed E-state index contributed by atoms with van der Waals surface area (Å²) in [5, 5.41) is 7.43. The lowest BCUT2D eigenvalue weighted by atomic mass is 10.4. The van der Waals surface area contributed by atoms with Gasteiger partial charge >= 0.3 is 0 Å². The number of aromatic nitrogens is 3. The van der Waals surface area contributed by atoms with Crippen molar-refractivity contribution in [3.63, 3.8) is 0 Å². The Bertz CT molecular complexity index is 341. The molecule has 0 aromatic carbocycles. The Balaban J connectivity index is 2.19. The summed E-state index contributed by atoms with van der Waals surface area (Å²) in [5.74, 6) is 4.51. The van der Waals surface area contributed by atoms with Crippen LogP contribution in [0.4, 0.5) is 0 Å². The second-order valence-corrected chi connectivity index (χ2v) is 3.30. The van der Waals surface area contributed by atoms with Gasteiger partial charge in [-0.15, -0.1) is 5.10 Å². The summed E-state index contributed by atoms with van der Waals surface area (Å²) < 4.78 is 11.8. The Morgan fingerprint density at radius 1 is 1.53 bits per heavy atom. The van der Waals surface area contributed by atoms with Crippen molar-refractivity contribution < 1.29 is 14.3 Å². The van der Waals surface area contributed by atoms with E-state index in [0.29, 0.717) is 26.4 Å². The zero-order valence-corrected chi connectivity index (χ0v) is 9.76. The topological polar surface area (TPSA) is 104 Å². The van der Waals surface area contributed by atoms with Gasteiger partial charge in [0.25, 0.3) is 5.91 Å². The highest BCUT2D eigenvalue weighted by molar-refractivity contribution is 5.91. The number of ether oxygens (including phenoxy) is 2. The molecule has 1 aromatic heterocycles. The fraction of sp³-hybridized carbons (Fsp3) is 0.667. The zero-order chi connectivity index (χ0) is 12.5. The molecule has 0 aliphatic heterocycles. The molecule has 1 heterocycles. The van der Waals surface area contributed by atoms with Crippen molar-refractivity contribution in [1.82, 2.24) is 20.4 Å². The molecule has 3 N–H and O–H groups in total. The van der Waals surface area contributed by atoms with Crippen LogP contribution in [-0.2, 0) is 16.0 Å². The van der Waals surface area contributed by atoms with Gasteiger partial charge in [0.1, 0.15) is 0 Å². The molecule has 0 saturated heterocycles. The van der Waals surface area contributed by atoms with Gasteiger partial charge in [-0.05, 0) is 6.42 Å². The summed E-state index contributed by atoms with van der Waals surface area (Å²) in [6.07, 6.45) is 2.37. The Labute approximate surface area is 99.0 Å². The van der Waals surface area contributed by atoms with Crippen molar-refractivity contribution in [2.45, 2.75) is 13.0 Å². The molecule has 8 heteroatoms. The van der Waals surface area contributed by atoms with Gasteiger partial charge in [-0.25, -0.2) is 10.5 Å². The zero-order valence-electron chi connectivity index (χ0n) is 9.76. The first-order valence-corrected chi connectivity index (χ1v) is 5.25. The van der Waals surface area contributed by atoms with Gasteiger partial charge in [0.05, 0.1) is 19.3 Å². The number of nitrogens with two attached hydrogens (primary N) is 1. The molecule has 0 atom stereocenters. The normalized spacial score (nSPS) is 10.5. The number of hydrogen-bond donors (Lipinski definition) is 2. The Morgan fingerprint density at radius 2 is 2.35 bits per heavy atom. The van der Waals surface area contributed by atoms with Crippen molar-refractivity contribution in [2.75, 3.05) is 26.9 Å². The quantitative estimate of drug-likeness (QED) is 0.261. The molecular formula is C9H17N5O3. The average Bonchev–Trinajstić information content (AvgIpc) is 2.81. The SMILES string of the molecule is COCCCOCCn1cc(C(=O)NN)nn1. The Kier molecular flexibility index (Phi) is 6.15. The third-order valence-electron chi connectivity index (χ3n) is 2.00. The number of hydrazine groups is 1. The summed E-state index contributed by atoms with van der Waals surface area (Å²) >= 11 is 0. The van der Waals surface area contributed by atoms with Crippen molar-refractivity contribution in [1.29, 1.82) is 0 Å². The second-order valence-electron chi connectivity index (χ2n) is 3.30. The van der Waals surface area contributed by atoms with Crippen molar-refractivity contribution in [2.24, 2.45) is 5.84 Å². The van der Waals surface area contributed by atoms with E-state index in [9.17, 15) is 4.79 Å². The molecule has 1 amide bonds. The lowest BCUT2D eigenvalue weighted by Gasteiger charge is -2.03. The molecule has 17 heavy (non-hydrogen) atoms. The van der Waals surface area contributed by atoms with Crippen LogP contribution in [0.5, 0.6) is 0 Å². The van der Waals surface area contributed by atoms with E-state index in [1.165, 1.54) is 10.9 Å². The number of methoxy groups -OCH3 is 1. The molecule has 1 rings (SSSR count). The molecule has 0 bridgehead atoms. The van der Waals surface area contributed by atoms with Crippen LogP contribution in [0.15, 0.2) is 6.20 Å². The van der Waals surface area contributed by atoms with Crippen LogP contribution in [0.3, 0.4) is 0 Å². The Morgan fingerprint density at radius 3 is 3.06 bits per heavy atom. The number of hydrogen-bond acceptors (Lipinski definition) is 6. The molecule has 0 radical (unpaired) electrons. The van der Waals surface area contributed by atoms with Gasteiger partial charge in [0.2, 0.25) is 0 Å². The molecule has 0 fully saturated rings. The van der Waals surface area contributed by atoms with Crippen LogP contribution >= 0.6 is 0 Å². The van der Waals surface area contributed by atoms with Crippen LogP contribution in [0.25, 0.3) is 0 Å². The van der Waals surface area contributed by atoms with E-state index in [1.54, 1.807) is 7.11 Å². The summed E-state index contributed by atoms with van der Waals surface area (Å²) in [7, 11) is 1.65. The molecular weight excluding hydrogens is 226 g/mol. The predicted octanol–water partition coefficient (Wildman–Crippen LogP) is -1.07. The first-order chi connectivity index (χ1) is 8.27. The summed E-state index contributed by atoms with van der Waals surface area (Å²) in [6.45, 7) is 2.37. The predicted molar refractivity (Wildman–Crippen MR) is 59.0 cm³/mol. The van der Waals surface area contributed by atoms with Crippen molar-refractivity contribution in [3.05, 3.63) is 11.9 Å². The first kappa shape index (κ1) is 13.6. The van der Waals surface area contributed by atoms with Crippen molar-refractivity contribution in [3.8, 4) is 0 Å². The Hall–Kier alpha value is -1.51. The number of nitrogens with zero attached hydrogens (tertiary/aromatic N) is 3. The molecule has 0 unspecified atom stereocenters. The van der Waals surface area contributed by atoms with Gasteiger partial charge in [-0.1, -0.05) is 5.21 Å². The number of nitrogen functional groups attached to an aromatic ring is 1. The smallest absolute Gasteiger partial charge is 0.287 e. The number of nitrogens with one attached hydrogen (secondary N) is 1. The van der Waals surface area contributed by atoms with Crippen molar-refractivity contribution >= 4 is 5.91 Å². The van der Waals surface area contributed by atoms with Gasteiger partial charge in [-0.2, -0.15) is 0 Å². The maximum absolute atomic E-state index is 11.1. The average molecular weight is 243 g/mol. The molecule has 0 spiro atoms. The third kappa shape index (κ3) is 4.89. The van der Waals surface area contributed by atoms with E-state index >= 15 is 0 Å². The highest BCUT2D eigenvalue weighted by atomic mass is 16.5. The standard InChI is InChI=1S/C9H17N5O3/c1-16-4-2-5-17-6-3-14-7-8(12-13-14)9(15)11-10/h7H,2-6,10H2,1H3,(H,11,15). The maximum atomic E-state index is 11.1. The minimum absolute atomic E-state index is 0.187. The minimum Gasteiger partial charge on any atom is -0.385 e. The number of carbonyl (C=O) groups excluding carboxylic acids is 1. The monoisotopic (exact) mass is 243 g/mol. The molecule has 0 aliphatic rings. The molecule has 96 valence electrons. The highest BCUT2D eigenvalue weighted by Gasteiger charge is 2.08. The van der Waals surface area contributed by atoms with Crippen LogP contribution in [0.1, 0.15) is 16.9 Å². The van der Waals surface area contributed by atoms with Gasteiger partial charge in [0, 0.05) is 20.3 Å². The van der Waals surface area contributed by atoms with Gasteiger partial charge < -0.3 is 9.47 Å². The summed E-state index contributed by atoms with van der Waals surface area (Å²) in [4.78, 5) is 11.1. The molecule has 0 aliphatic carbocycles. The van der Waals surface area contributed by atoms with E-state index in [4.69, 9.17) is 15.3 Å². The van der Waals surface area contributed by atoms with E-state index in [-0.39, 0.29) is 5.69 Å². The largest absolute Gasteiger partial charge is 0.385 e. The third-order valence-corrected chi connectivity index (χ3v) is 2.00. The number of carbonyl (C=O) groups is 1. The summed E-state index contributed by atoms with van der Waals surface area (Å²) in [5.41, 5.74) is 2.17. The summed E-state index contributed by atoms with van der Waals surface area (Å²) in [6, 6.07) is 0. The van der Waals surface area contributed by atoms with E-state index in [1.807, 2.05) is 5.43 Å². The number of rotatable bonds is 8.